The Bertz CT molecular complexity index is 1130. The summed E-state index contributed by atoms with van der Waals surface area (Å²) in [5.74, 6) is -0.00987. The van der Waals surface area contributed by atoms with Crippen LogP contribution < -0.4 is 0 Å². The number of alkyl halides is 3. The Balaban J connectivity index is 1.52. The Morgan fingerprint density at radius 3 is 2.62 bits per heavy atom. The molecule has 7 nitrogen and oxygen atoms in total. The number of fused-ring (bicyclic) bond motifs is 1. The number of halogens is 3. The van der Waals surface area contributed by atoms with Crippen LogP contribution in [0, 0.1) is 13.8 Å². The summed E-state index contributed by atoms with van der Waals surface area (Å²) < 4.78 is 43.5. The zero-order chi connectivity index (χ0) is 23.0. The van der Waals surface area contributed by atoms with E-state index >= 15 is 0 Å². The third kappa shape index (κ3) is 4.35. The van der Waals surface area contributed by atoms with E-state index in [0.29, 0.717) is 50.2 Å². The van der Waals surface area contributed by atoms with Crippen LogP contribution in [0.25, 0.3) is 5.65 Å². The lowest BCUT2D eigenvalue weighted by atomic mass is 10.1. The van der Waals surface area contributed by atoms with Crippen LogP contribution >= 0.6 is 0 Å². The first-order chi connectivity index (χ1) is 15.2. The molecule has 0 aliphatic carbocycles. The lowest BCUT2D eigenvalue weighted by Gasteiger charge is -2.23. The average molecular weight is 448 g/mol. The minimum atomic E-state index is -4.54. The second kappa shape index (κ2) is 8.55. The Labute approximate surface area is 184 Å². The Morgan fingerprint density at radius 2 is 1.97 bits per heavy atom. The highest BCUT2D eigenvalue weighted by atomic mass is 19.4. The number of carbonyl (C=O) groups excluding carboxylic acids is 1. The molecule has 1 amide bonds. The van der Waals surface area contributed by atoms with Crippen LogP contribution in [0.3, 0.4) is 0 Å². The number of nitrogens with zero attached hydrogens (tertiary/aromatic N) is 6. The third-order valence-electron chi connectivity index (χ3n) is 5.93. The molecule has 1 fully saturated rings. The molecule has 4 heterocycles. The van der Waals surface area contributed by atoms with E-state index in [1.807, 2.05) is 24.6 Å². The molecule has 1 saturated heterocycles. The molecule has 0 bridgehead atoms. The van der Waals surface area contributed by atoms with Crippen molar-refractivity contribution in [3.8, 4) is 0 Å². The number of rotatable bonds is 6. The van der Waals surface area contributed by atoms with Gasteiger partial charge in [-0.1, -0.05) is 6.92 Å². The summed E-state index contributed by atoms with van der Waals surface area (Å²) in [7, 11) is 0. The van der Waals surface area contributed by atoms with Crippen molar-refractivity contribution in [1.29, 1.82) is 0 Å². The number of hydrogen-bond donors (Lipinski definition) is 0. The molecule has 0 N–H and O–H groups in total. The number of amides is 1. The van der Waals surface area contributed by atoms with Gasteiger partial charge >= 0.3 is 6.18 Å². The van der Waals surface area contributed by atoms with Crippen LogP contribution in [0.4, 0.5) is 13.2 Å². The van der Waals surface area contributed by atoms with Gasteiger partial charge in [-0.05, 0) is 51.7 Å². The van der Waals surface area contributed by atoms with Gasteiger partial charge in [0.05, 0.1) is 17.4 Å². The van der Waals surface area contributed by atoms with E-state index in [2.05, 4.69) is 15.2 Å². The van der Waals surface area contributed by atoms with Gasteiger partial charge in [0.25, 0.3) is 0 Å². The topological polar surface area (TPSA) is 68.3 Å². The monoisotopic (exact) mass is 448 g/mol. The normalized spacial score (nSPS) is 16.9. The number of aryl methyl sites for hydroxylation is 4. The quantitative estimate of drug-likeness (QED) is 0.565. The molecule has 0 saturated carbocycles. The fourth-order valence-corrected chi connectivity index (χ4v) is 4.39. The van der Waals surface area contributed by atoms with Gasteiger partial charge in [-0.25, -0.2) is 9.50 Å². The van der Waals surface area contributed by atoms with E-state index in [4.69, 9.17) is 0 Å². The van der Waals surface area contributed by atoms with Crippen LogP contribution in [0.1, 0.15) is 67.1 Å². The largest absolute Gasteiger partial charge is 0.433 e. The van der Waals surface area contributed by atoms with Gasteiger partial charge in [0.1, 0.15) is 5.69 Å². The van der Waals surface area contributed by atoms with Gasteiger partial charge in [0.15, 0.2) is 5.65 Å². The van der Waals surface area contributed by atoms with Gasteiger partial charge in [0, 0.05) is 37.0 Å². The maximum Gasteiger partial charge on any atom is 0.433 e. The van der Waals surface area contributed by atoms with E-state index < -0.39 is 11.9 Å². The van der Waals surface area contributed by atoms with Gasteiger partial charge in [0.2, 0.25) is 5.91 Å². The zero-order valence-corrected chi connectivity index (χ0v) is 18.5. The van der Waals surface area contributed by atoms with Crippen molar-refractivity contribution in [2.45, 2.75) is 71.6 Å². The van der Waals surface area contributed by atoms with E-state index in [-0.39, 0.29) is 17.6 Å². The fraction of sp³-hybridized carbons (Fsp3) is 0.545. The summed E-state index contributed by atoms with van der Waals surface area (Å²) in [4.78, 5) is 19.0. The first kappa shape index (κ1) is 22.3. The van der Waals surface area contributed by atoms with Gasteiger partial charge in [-0.3, -0.25) is 9.48 Å². The molecule has 1 aliphatic rings. The first-order valence-corrected chi connectivity index (χ1v) is 10.9. The van der Waals surface area contributed by atoms with Gasteiger partial charge < -0.3 is 4.90 Å². The van der Waals surface area contributed by atoms with E-state index in [1.54, 1.807) is 17.9 Å². The molecule has 1 unspecified atom stereocenters. The molecule has 10 heteroatoms. The van der Waals surface area contributed by atoms with Crippen LogP contribution in [-0.4, -0.2) is 41.7 Å². The fourth-order valence-electron chi connectivity index (χ4n) is 4.39. The SMILES string of the molecule is CCc1cc(C(F)(F)F)n2nc(C3CCCN3C(=O)CCCn3nc(C)cc3C)cc2n1. The molecular weight excluding hydrogens is 421 g/mol. The molecule has 1 aliphatic heterocycles. The number of aromatic nitrogens is 5. The highest BCUT2D eigenvalue weighted by molar-refractivity contribution is 5.77. The van der Waals surface area contributed by atoms with Gasteiger partial charge in [-0.15, -0.1) is 0 Å². The molecule has 0 radical (unpaired) electrons. The second-order valence-electron chi connectivity index (χ2n) is 8.32. The predicted molar refractivity (Wildman–Crippen MR) is 112 cm³/mol. The molecule has 172 valence electrons. The van der Waals surface area contributed by atoms with Crippen LogP contribution in [0.5, 0.6) is 0 Å². The summed E-state index contributed by atoms with van der Waals surface area (Å²) in [6.07, 6.45) is -1.68. The molecule has 3 aromatic rings. The zero-order valence-electron chi connectivity index (χ0n) is 18.5. The number of hydrogen-bond acceptors (Lipinski definition) is 4. The summed E-state index contributed by atoms with van der Waals surface area (Å²) >= 11 is 0. The van der Waals surface area contributed by atoms with Crippen molar-refractivity contribution in [2.24, 2.45) is 0 Å². The van der Waals surface area contributed by atoms with Crippen molar-refractivity contribution in [1.82, 2.24) is 29.3 Å². The van der Waals surface area contributed by atoms with Crippen molar-refractivity contribution < 1.29 is 18.0 Å². The molecule has 3 aromatic heterocycles. The molecule has 32 heavy (non-hydrogen) atoms. The van der Waals surface area contributed by atoms with E-state index in [1.165, 1.54) is 0 Å². The number of carbonyl (C=O) groups is 1. The highest BCUT2D eigenvalue weighted by Crippen LogP contribution is 2.34. The van der Waals surface area contributed by atoms with Gasteiger partial charge in [-0.2, -0.15) is 23.4 Å². The van der Waals surface area contributed by atoms with Crippen molar-refractivity contribution >= 4 is 11.6 Å². The maximum atomic E-state index is 13.6. The Hall–Kier alpha value is -2.91. The second-order valence-corrected chi connectivity index (χ2v) is 8.32. The standard InChI is InChI=1S/C22H27F3N6O/c1-4-16-12-19(22(23,24)25)31-20(26-16)13-17(28-31)18-7-5-9-29(18)21(32)8-6-10-30-15(3)11-14(2)27-30/h11-13,18H,4-10H2,1-3H3. The van der Waals surface area contributed by atoms with Crippen molar-refractivity contribution in [2.75, 3.05) is 6.54 Å². The Morgan fingerprint density at radius 1 is 1.19 bits per heavy atom. The van der Waals surface area contributed by atoms with Crippen molar-refractivity contribution in [3.63, 3.8) is 0 Å². The summed E-state index contributed by atoms with van der Waals surface area (Å²) in [6.45, 7) is 6.91. The summed E-state index contributed by atoms with van der Waals surface area (Å²) in [5, 5.41) is 8.65. The van der Waals surface area contributed by atoms with Crippen LogP contribution in [0.2, 0.25) is 0 Å². The predicted octanol–water partition coefficient (Wildman–Crippen LogP) is 4.27. The molecule has 1 atom stereocenters. The smallest absolute Gasteiger partial charge is 0.334 e. The minimum Gasteiger partial charge on any atom is -0.334 e. The molecule has 0 spiro atoms. The first-order valence-electron chi connectivity index (χ1n) is 10.9. The van der Waals surface area contributed by atoms with Crippen LogP contribution in [0.15, 0.2) is 18.2 Å². The average Bonchev–Trinajstić information content (AvgIpc) is 3.44. The van der Waals surface area contributed by atoms with Crippen molar-refractivity contribution in [3.05, 3.63) is 46.7 Å². The highest BCUT2D eigenvalue weighted by Gasteiger charge is 2.37. The maximum absolute atomic E-state index is 13.6. The van der Waals surface area contributed by atoms with Crippen LogP contribution in [-0.2, 0) is 23.9 Å². The summed E-state index contributed by atoms with van der Waals surface area (Å²) in [6, 6.07) is 4.29. The third-order valence-corrected chi connectivity index (χ3v) is 5.93. The lowest BCUT2D eigenvalue weighted by Crippen LogP contribution is -2.30. The summed E-state index contributed by atoms with van der Waals surface area (Å²) in [5.41, 5.74) is 2.14. The molecule has 0 aromatic carbocycles. The Kier molecular flexibility index (Phi) is 5.96. The van der Waals surface area contributed by atoms with E-state index in [0.717, 1.165) is 28.4 Å². The molecular formula is C22H27F3N6O. The lowest BCUT2D eigenvalue weighted by molar-refractivity contribution is -0.142. The molecule has 4 rings (SSSR count). The number of likely N-dealkylation sites (tertiary alicyclic amines) is 1. The minimum absolute atomic E-state index is 0.00987. The van der Waals surface area contributed by atoms with E-state index in [9.17, 15) is 18.0 Å².